The third-order valence-electron chi connectivity index (χ3n) is 2.47. The van der Waals surface area contributed by atoms with E-state index in [1.165, 1.54) is 12.8 Å². The zero-order valence-electron chi connectivity index (χ0n) is 8.38. The van der Waals surface area contributed by atoms with Crippen molar-refractivity contribution < 1.29 is 9.90 Å². The molecule has 0 atom stereocenters. The van der Waals surface area contributed by atoms with Gasteiger partial charge in [-0.1, -0.05) is 26.7 Å². The van der Waals surface area contributed by atoms with Crippen LogP contribution in [0.3, 0.4) is 0 Å². The number of carbonyl (C=O) groups is 1. The Morgan fingerprint density at radius 2 is 2.00 bits per heavy atom. The Labute approximate surface area is 84.1 Å². The summed E-state index contributed by atoms with van der Waals surface area (Å²) in [6.07, 6.45) is 4.92. The molecule has 76 valence electrons. The zero-order valence-corrected chi connectivity index (χ0v) is 9.19. The number of rotatable bonds is 4. The van der Waals surface area contributed by atoms with Crippen LogP contribution in [-0.2, 0) is 4.79 Å². The van der Waals surface area contributed by atoms with Gasteiger partial charge in [0.05, 0.1) is 6.42 Å². The smallest absolute Gasteiger partial charge is 0.304 e. The highest BCUT2D eigenvalue weighted by atomic mass is 32.2. The predicted octanol–water partition coefficient (Wildman–Crippen LogP) is 2.92. The molecular formula is C10H18O2S. The van der Waals surface area contributed by atoms with Gasteiger partial charge in [-0.2, -0.15) is 11.8 Å². The highest BCUT2D eigenvalue weighted by Gasteiger charge is 2.37. The monoisotopic (exact) mass is 202 g/mol. The maximum absolute atomic E-state index is 10.7. The van der Waals surface area contributed by atoms with Gasteiger partial charge in [-0.25, -0.2) is 0 Å². The molecule has 1 N–H and O–H groups in total. The predicted molar refractivity (Wildman–Crippen MR) is 56.2 cm³/mol. The second kappa shape index (κ2) is 4.36. The first kappa shape index (κ1) is 10.9. The molecule has 13 heavy (non-hydrogen) atoms. The van der Waals surface area contributed by atoms with Gasteiger partial charge in [-0.05, 0) is 18.1 Å². The molecule has 3 heteroatoms. The van der Waals surface area contributed by atoms with E-state index in [0.29, 0.717) is 11.7 Å². The van der Waals surface area contributed by atoms with E-state index in [0.717, 1.165) is 12.8 Å². The highest BCUT2D eigenvalue weighted by molar-refractivity contribution is 8.01. The van der Waals surface area contributed by atoms with Crippen LogP contribution in [0.15, 0.2) is 0 Å². The van der Waals surface area contributed by atoms with E-state index in [-0.39, 0.29) is 4.75 Å². The number of thioether (sulfide) groups is 1. The number of carboxylic acid groups (broad SMARTS) is 1. The van der Waals surface area contributed by atoms with Crippen LogP contribution in [0.25, 0.3) is 0 Å². The minimum Gasteiger partial charge on any atom is -0.481 e. The molecule has 1 aliphatic carbocycles. The molecule has 1 rings (SSSR count). The molecular weight excluding hydrogens is 184 g/mol. The molecule has 0 aromatic rings. The van der Waals surface area contributed by atoms with Crippen LogP contribution < -0.4 is 0 Å². The van der Waals surface area contributed by atoms with Crippen molar-refractivity contribution in [3.63, 3.8) is 0 Å². The molecule has 0 heterocycles. The Balaban J connectivity index is 2.57. The first-order chi connectivity index (χ1) is 6.04. The van der Waals surface area contributed by atoms with Crippen molar-refractivity contribution >= 4 is 17.7 Å². The van der Waals surface area contributed by atoms with Gasteiger partial charge in [-0.3, -0.25) is 4.79 Å². The molecule has 1 aliphatic rings. The summed E-state index contributed by atoms with van der Waals surface area (Å²) in [7, 11) is 0. The lowest BCUT2D eigenvalue weighted by atomic mass is 10.0. The van der Waals surface area contributed by atoms with Crippen molar-refractivity contribution in [2.75, 3.05) is 0 Å². The standard InChI is InChI=1S/C10H18O2S/c1-8(2)13-10(7-9(11)12)5-3-4-6-10/h8H,3-7H2,1-2H3,(H,11,12). The first-order valence-electron chi connectivity index (χ1n) is 4.94. The van der Waals surface area contributed by atoms with Crippen molar-refractivity contribution in [1.29, 1.82) is 0 Å². The quantitative estimate of drug-likeness (QED) is 0.761. The van der Waals surface area contributed by atoms with Crippen LogP contribution in [0.4, 0.5) is 0 Å². The van der Waals surface area contributed by atoms with Gasteiger partial charge in [-0.15, -0.1) is 0 Å². The Morgan fingerprint density at radius 3 is 2.38 bits per heavy atom. The van der Waals surface area contributed by atoms with Gasteiger partial charge < -0.3 is 5.11 Å². The third kappa shape index (κ3) is 3.22. The minimum atomic E-state index is -0.643. The van der Waals surface area contributed by atoms with Crippen LogP contribution in [0.2, 0.25) is 0 Å². The number of hydrogen-bond acceptors (Lipinski definition) is 2. The lowest BCUT2D eigenvalue weighted by molar-refractivity contribution is -0.137. The molecule has 0 saturated heterocycles. The van der Waals surface area contributed by atoms with E-state index in [9.17, 15) is 4.79 Å². The third-order valence-corrected chi connectivity index (χ3v) is 4.00. The lowest BCUT2D eigenvalue weighted by Crippen LogP contribution is -2.26. The lowest BCUT2D eigenvalue weighted by Gasteiger charge is -2.28. The maximum Gasteiger partial charge on any atom is 0.304 e. The summed E-state index contributed by atoms with van der Waals surface area (Å²) >= 11 is 1.86. The van der Waals surface area contributed by atoms with Crippen molar-refractivity contribution in [3.05, 3.63) is 0 Å². The largest absolute Gasteiger partial charge is 0.481 e. The van der Waals surface area contributed by atoms with Gasteiger partial charge in [0.15, 0.2) is 0 Å². The Kier molecular flexibility index (Phi) is 3.65. The van der Waals surface area contributed by atoms with Crippen molar-refractivity contribution in [1.82, 2.24) is 0 Å². The molecule has 1 saturated carbocycles. The molecule has 0 amide bonds. The van der Waals surface area contributed by atoms with E-state index in [1.807, 2.05) is 11.8 Å². The van der Waals surface area contributed by atoms with Crippen LogP contribution in [0, 0.1) is 0 Å². The molecule has 0 unspecified atom stereocenters. The topological polar surface area (TPSA) is 37.3 Å². The Morgan fingerprint density at radius 1 is 1.46 bits per heavy atom. The molecule has 0 radical (unpaired) electrons. The summed E-state index contributed by atoms with van der Waals surface area (Å²) in [5.41, 5.74) is 0. The Bertz CT molecular complexity index is 183. The van der Waals surface area contributed by atoms with Crippen molar-refractivity contribution in [2.45, 2.75) is 55.9 Å². The van der Waals surface area contributed by atoms with Crippen LogP contribution >= 0.6 is 11.8 Å². The fourth-order valence-electron chi connectivity index (χ4n) is 2.13. The molecule has 0 aromatic carbocycles. The first-order valence-corrected chi connectivity index (χ1v) is 5.82. The van der Waals surface area contributed by atoms with Crippen LogP contribution in [-0.4, -0.2) is 21.1 Å². The molecule has 2 nitrogen and oxygen atoms in total. The summed E-state index contributed by atoms with van der Waals surface area (Å²) in [6.45, 7) is 4.29. The van der Waals surface area contributed by atoms with Crippen molar-refractivity contribution in [2.24, 2.45) is 0 Å². The van der Waals surface area contributed by atoms with Crippen molar-refractivity contribution in [3.8, 4) is 0 Å². The summed E-state index contributed by atoms with van der Waals surface area (Å²) in [5.74, 6) is -0.643. The van der Waals surface area contributed by atoms with Crippen LogP contribution in [0.1, 0.15) is 46.0 Å². The van der Waals surface area contributed by atoms with E-state index >= 15 is 0 Å². The van der Waals surface area contributed by atoms with Gasteiger partial charge in [0.1, 0.15) is 0 Å². The molecule has 1 fully saturated rings. The zero-order chi connectivity index (χ0) is 9.90. The van der Waals surface area contributed by atoms with Gasteiger partial charge in [0.2, 0.25) is 0 Å². The number of hydrogen-bond donors (Lipinski definition) is 1. The van der Waals surface area contributed by atoms with E-state index in [1.54, 1.807) is 0 Å². The number of carboxylic acids is 1. The second-order valence-corrected chi connectivity index (χ2v) is 6.17. The molecule has 0 aromatic heterocycles. The SMILES string of the molecule is CC(C)SC1(CC(=O)O)CCCC1. The molecule has 0 aliphatic heterocycles. The van der Waals surface area contributed by atoms with Crippen LogP contribution in [0.5, 0.6) is 0 Å². The summed E-state index contributed by atoms with van der Waals surface area (Å²) < 4.78 is 0.0556. The van der Waals surface area contributed by atoms with Gasteiger partial charge >= 0.3 is 5.97 Å². The highest BCUT2D eigenvalue weighted by Crippen LogP contribution is 2.45. The molecule has 0 spiro atoms. The fraction of sp³-hybridized carbons (Fsp3) is 0.900. The normalized spacial score (nSPS) is 20.8. The van der Waals surface area contributed by atoms with E-state index < -0.39 is 5.97 Å². The van der Waals surface area contributed by atoms with E-state index in [4.69, 9.17) is 5.11 Å². The van der Waals surface area contributed by atoms with E-state index in [2.05, 4.69) is 13.8 Å². The second-order valence-electron chi connectivity index (χ2n) is 4.13. The average Bonchev–Trinajstić information content (AvgIpc) is 2.33. The maximum atomic E-state index is 10.7. The summed E-state index contributed by atoms with van der Waals surface area (Å²) in [6, 6.07) is 0. The molecule has 0 bridgehead atoms. The summed E-state index contributed by atoms with van der Waals surface area (Å²) in [5, 5.41) is 9.38. The minimum absolute atomic E-state index is 0.0556. The number of aliphatic carboxylic acids is 1. The Hall–Kier alpha value is -0.180. The van der Waals surface area contributed by atoms with Gasteiger partial charge in [0, 0.05) is 4.75 Å². The fourth-order valence-corrected chi connectivity index (χ4v) is 3.86. The average molecular weight is 202 g/mol. The van der Waals surface area contributed by atoms with Gasteiger partial charge in [0.25, 0.3) is 0 Å². The summed E-state index contributed by atoms with van der Waals surface area (Å²) in [4.78, 5) is 10.7.